The predicted molar refractivity (Wildman–Crippen MR) is 72.0 cm³/mol. The molecule has 6 nitrogen and oxygen atoms in total. The van der Waals surface area contributed by atoms with E-state index in [0.29, 0.717) is 6.61 Å². The number of hydrogen-bond acceptors (Lipinski definition) is 6. The lowest BCUT2D eigenvalue weighted by atomic mass is 10.2. The van der Waals surface area contributed by atoms with Crippen LogP contribution in [0.3, 0.4) is 0 Å². The van der Waals surface area contributed by atoms with Gasteiger partial charge in [0.05, 0.1) is 12.3 Å². The number of nitrogen functional groups attached to an aromatic ring is 1. The zero-order valence-electron chi connectivity index (χ0n) is 10.7. The molecule has 20 heavy (non-hydrogen) atoms. The summed E-state index contributed by atoms with van der Waals surface area (Å²) in [6.45, 7) is 2.21. The number of nitrogens with one attached hydrogen (secondary N) is 1. The number of anilines is 3. The highest BCUT2D eigenvalue weighted by Crippen LogP contribution is 2.29. The fourth-order valence-corrected chi connectivity index (χ4v) is 1.60. The van der Waals surface area contributed by atoms with Crippen molar-refractivity contribution in [1.82, 2.24) is 9.97 Å². The quantitative estimate of drug-likeness (QED) is 0.886. The molecule has 0 aliphatic carbocycles. The van der Waals surface area contributed by atoms with E-state index < -0.39 is 5.82 Å². The number of nitrogens with zero attached hydrogens (tertiary/aromatic N) is 3. The Balaban J connectivity index is 2.39. The maximum atomic E-state index is 13.5. The summed E-state index contributed by atoms with van der Waals surface area (Å²) < 4.78 is 18.7. The largest absolute Gasteiger partial charge is 0.476 e. The molecule has 3 N–H and O–H groups in total. The predicted octanol–water partition coefficient (Wildman–Crippen LogP) is 2.21. The number of ether oxygens (including phenoxy) is 1. The number of rotatable bonds is 4. The summed E-state index contributed by atoms with van der Waals surface area (Å²) in [7, 11) is 0. The van der Waals surface area contributed by atoms with Crippen molar-refractivity contribution in [2.24, 2.45) is 0 Å². The average Bonchev–Trinajstić information content (AvgIpc) is 2.44. The monoisotopic (exact) mass is 273 g/mol. The molecule has 2 rings (SSSR count). The minimum Gasteiger partial charge on any atom is -0.476 e. The van der Waals surface area contributed by atoms with Gasteiger partial charge >= 0.3 is 0 Å². The van der Waals surface area contributed by atoms with E-state index in [9.17, 15) is 4.39 Å². The van der Waals surface area contributed by atoms with E-state index in [-0.39, 0.29) is 28.6 Å². The fraction of sp³-hybridized carbons (Fsp3) is 0.154. The van der Waals surface area contributed by atoms with E-state index in [2.05, 4.69) is 15.3 Å². The van der Waals surface area contributed by atoms with Crippen molar-refractivity contribution < 1.29 is 9.13 Å². The summed E-state index contributed by atoms with van der Waals surface area (Å²) in [5, 5.41) is 11.8. The number of aromatic nitrogens is 2. The van der Waals surface area contributed by atoms with Gasteiger partial charge in [-0.3, -0.25) is 0 Å². The molecule has 0 saturated heterocycles. The van der Waals surface area contributed by atoms with Crippen LogP contribution in [0.25, 0.3) is 0 Å². The van der Waals surface area contributed by atoms with E-state index in [1.54, 1.807) is 19.1 Å². The van der Waals surface area contributed by atoms with Gasteiger partial charge in [-0.05, 0) is 19.1 Å². The van der Waals surface area contributed by atoms with Gasteiger partial charge in [0.2, 0.25) is 5.88 Å². The van der Waals surface area contributed by atoms with Gasteiger partial charge in [0, 0.05) is 0 Å². The number of benzene rings is 1. The number of nitrogens with two attached hydrogens (primary N) is 1. The van der Waals surface area contributed by atoms with Crippen molar-refractivity contribution in [2.45, 2.75) is 6.92 Å². The SMILES string of the molecule is CCOc1ncnc(Nc2cccc(F)c2C#N)c1N. The van der Waals surface area contributed by atoms with E-state index in [4.69, 9.17) is 15.7 Å². The third-order valence-corrected chi connectivity index (χ3v) is 2.51. The molecule has 2 aromatic rings. The zero-order valence-corrected chi connectivity index (χ0v) is 10.7. The van der Waals surface area contributed by atoms with Crippen LogP contribution >= 0.6 is 0 Å². The van der Waals surface area contributed by atoms with Crippen LogP contribution in [0.2, 0.25) is 0 Å². The van der Waals surface area contributed by atoms with Crippen LogP contribution in [0, 0.1) is 17.1 Å². The molecular formula is C13H12FN5O. The molecule has 0 unspecified atom stereocenters. The minimum atomic E-state index is -0.616. The second-order valence-electron chi connectivity index (χ2n) is 3.77. The van der Waals surface area contributed by atoms with Crippen molar-refractivity contribution in [2.75, 3.05) is 17.7 Å². The molecule has 1 aromatic carbocycles. The average molecular weight is 273 g/mol. The van der Waals surface area contributed by atoms with Crippen LogP contribution in [0.15, 0.2) is 24.5 Å². The standard InChI is InChI=1S/C13H12FN5O/c1-2-20-13-11(16)12(17-7-18-13)19-10-5-3-4-9(14)8(10)6-15/h3-5,7H,2,16H2,1H3,(H,17,18,19). The molecule has 102 valence electrons. The zero-order chi connectivity index (χ0) is 14.5. The van der Waals surface area contributed by atoms with E-state index in [0.717, 1.165) is 0 Å². The first-order valence-corrected chi connectivity index (χ1v) is 5.86. The Labute approximate surface area is 115 Å². The molecule has 0 atom stereocenters. The van der Waals surface area contributed by atoms with Crippen LogP contribution in [0.4, 0.5) is 21.6 Å². The van der Waals surface area contributed by atoms with Crippen molar-refractivity contribution in [3.8, 4) is 11.9 Å². The van der Waals surface area contributed by atoms with Crippen molar-refractivity contribution in [3.05, 3.63) is 35.9 Å². The fourth-order valence-electron chi connectivity index (χ4n) is 1.60. The van der Waals surface area contributed by atoms with Crippen molar-refractivity contribution in [1.29, 1.82) is 5.26 Å². The Morgan fingerprint density at radius 3 is 2.95 bits per heavy atom. The molecule has 1 heterocycles. The van der Waals surface area contributed by atoms with Crippen LogP contribution < -0.4 is 15.8 Å². The third kappa shape index (κ3) is 2.59. The summed E-state index contributed by atoms with van der Waals surface area (Å²) >= 11 is 0. The lowest BCUT2D eigenvalue weighted by Gasteiger charge is -2.12. The van der Waals surface area contributed by atoms with Crippen LogP contribution in [0.1, 0.15) is 12.5 Å². The summed E-state index contributed by atoms with van der Waals surface area (Å²) in [6.07, 6.45) is 1.27. The second-order valence-corrected chi connectivity index (χ2v) is 3.77. The molecule has 0 fully saturated rings. The van der Waals surface area contributed by atoms with Gasteiger partial charge < -0.3 is 15.8 Å². The van der Waals surface area contributed by atoms with E-state index in [1.807, 2.05) is 0 Å². The second kappa shape index (κ2) is 5.84. The highest BCUT2D eigenvalue weighted by molar-refractivity contribution is 5.74. The first-order chi connectivity index (χ1) is 9.67. The number of nitriles is 1. The Bertz CT molecular complexity index is 668. The number of hydrogen-bond donors (Lipinski definition) is 2. The third-order valence-electron chi connectivity index (χ3n) is 2.51. The molecule has 0 bridgehead atoms. The molecular weight excluding hydrogens is 261 g/mol. The van der Waals surface area contributed by atoms with Crippen molar-refractivity contribution >= 4 is 17.2 Å². The Hall–Kier alpha value is -2.88. The Morgan fingerprint density at radius 2 is 2.25 bits per heavy atom. The molecule has 0 aliphatic heterocycles. The smallest absolute Gasteiger partial charge is 0.242 e. The van der Waals surface area contributed by atoms with Gasteiger partial charge in [-0.25, -0.2) is 9.37 Å². The van der Waals surface area contributed by atoms with Gasteiger partial charge in [-0.15, -0.1) is 0 Å². The Morgan fingerprint density at radius 1 is 1.45 bits per heavy atom. The topological polar surface area (TPSA) is 96.9 Å². The Kier molecular flexibility index (Phi) is 3.96. The van der Waals surface area contributed by atoms with Gasteiger partial charge in [-0.2, -0.15) is 10.2 Å². The molecule has 0 amide bonds. The summed E-state index contributed by atoms with van der Waals surface area (Å²) in [4.78, 5) is 7.86. The molecule has 0 spiro atoms. The number of halogens is 1. The van der Waals surface area contributed by atoms with Gasteiger partial charge in [0.15, 0.2) is 5.82 Å². The molecule has 7 heteroatoms. The highest BCUT2D eigenvalue weighted by atomic mass is 19.1. The summed E-state index contributed by atoms with van der Waals surface area (Å²) in [6, 6.07) is 6.04. The summed E-state index contributed by atoms with van der Waals surface area (Å²) in [5.41, 5.74) is 6.22. The molecule has 0 aliphatic rings. The lowest BCUT2D eigenvalue weighted by Crippen LogP contribution is -2.06. The van der Waals surface area contributed by atoms with Crippen LogP contribution in [-0.4, -0.2) is 16.6 Å². The van der Waals surface area contributed by atoms with Crippen molar-refractivity contribution in [3.63, 3.8) is 0 Å². The first kappa shape index (κ1) is 13.5. The lowest BCUT2D eigenvalue weighted by molar-refractivity contribution is 0.328. The van der Waals surface area contributed by atoms with Gasteiger partial charge in [0.1, 0.15) is 29.5 Å². The van der Waals surface area contributed by atoms with Gasteiger partial charge in [-0.1, -0.05) is 6.07 Å². The normalized spacial score (nSPS) is 9.85. The van der Waals surface area contributed by atoms with E-state index >= 15 is 0 Å². The first-order valence-electron chi connectivity index (χ1n) is 5.86. The summed E-state index contributed by atoms with van der Waals surface area (Å²) in [5.74, 6) is -0.124. The van der Waals surface area contributed by atoms with Gasteiger partial charge in [0.25, 0.3) is 0 Å². The highest BCUT2D eigenvalue weighted by Gasteiger charge is 2.12. The maximum absolute atomic E-state index is 13.5. The van der Waals surface area contributed by atoms with Crippen LogP contribution in [-0.2, 0) is 0 Å². The molecule has 1 aromatic heterocycles. The minimum absolute atomic E-state index is 0.108. The van der Waals surface area contributed by atoms with Crippen LogP contribution in [0.5, 0.6) is 5.88 Å². The molecule has 0 saturated carbocycles. The maximum Gasteiger partial charge on any atom is 0.242 e. The molecule has 0 radical (unpaired) electrons. The van der Waals surface area contributed by atoms with E-state index in [1.165, 1.54) is 18.5 Å².